The van der Waals surface area contributed by atoms with Crippen molar-refractivity contribution in [1.29, 1.82) is 0 Å². The maximum atomic E-state index is 13.6. The van der Waals surface area contributed by atoms with Crippen molar-refractivity contribution in [3.8, 4) is 11.4 Å². The number of hydrogen-bond acceptors (Lipinski definition) is 5. The Morgan fingerprint density at radius 3 is 2.97 bits per heavy atom. The van der Waals surface area contributed by atoms with Gasteiger partial charge in [-0.3, -0.25) is 9.48 Å². The van der Waals surface area contributed by atoms with Crippen molar-refractivity contribution < 1.29 is 14.3 Å². The second-order valence-corrected chi connectivity index (χ2v) is 7.53. The lowest BCUT2D eigenvalue weighted by atomic mass is 9.77. The van der Waals surface area contributed by atoms with Crippen LogP contribution >= 0.6 is 0 Å². The van der Waals surface area contributed by atoms with Crippen LogP contribution in [0.1, 0.15) is 29.6 Å². The fraction of sp³-hybridized carbons (Fsp3) is 0.300. The minimum atomic E-state index is -0.549. The van der Waals surface area contributed by atoms with E-state index in [4.69, 9.17) is 0 Å². The molecule has 0 bridgehead atoms. The topological polar surface area (TPSA) is 109 Å². The Hall–Kier alpha value is -3.33. The second kappa shape index (κ2) is 6.35. The average Bonchev–Trinajstić information content (AvgIpc) is 3.25. The monoisotopic (exact) mass is 394 g/mol. The number of benzene rings is 1. The van der Waals surface area contributed by atoms with Crippen LogP contribution in [0.4, 0.5) is 4.39 Å². The van der Waals surface area contributed by atoms with Crippen LogP contribution in [0.3, 0.4) is 0 Å². The predicted molar refractivity (Wildman–Crippen MR) is 105 cm³/mol. The first-order chi connectivity index (χ1) is 14.0. The van der Waals surface area contributed by atoms with Gasteiger partial charge in [0.15, 0.2) is 5.65 Å². The van der Waals surface area contributed by atoms with Crippen molar-refractivity contribution >= 4 is 28.0 Å². The summed E-state index contributed by atoms with van der Waals surface area (Å²) in [6.07, 6.45) is 5.63. The van der Waals surface area contributed by atoms with E-state index in [1.807, 2.05) is 0 Å². The van der Waals surface area contributed by atoms with Gasteiger partial charge in [0.2, 0.25) is 0 Å². The highest BCUT2D eigenvalue weighted by atomic mass is 19.1. The molecule has 3 aromatic heterocycles. The molecule has 0 spiro atoms. The summed E-state index contributed by atoms with van der Waals surface area (Å²) >= 11 is 0. The number of aromatic nitrogens is 5. The Kier molecular flexibility index (Phi) is 3.88. The summed E-state index contributed by atoms with van der Waals surface area (Å²) < 4.78 is 15.2. The van der Waals surface area contributed by atoms with Crippen LogP contribution in [-0.2, 0) is 7.05 Å². The van der Waals surface area contributed by atoms with E-state index in [0.29, 0.717) is 33.6 Å². The average molecular weight is 394 g/mol. The van der Waals surface area contributed by atoms with Crippen molar-refractivity contribution in [3.05, 3.63) is 42.0 Å². The summed E-state index contributed by atoms with van der Waals surface area (Å²) in [4.78, 5) is 24.8. The number of aryl methyl sites for hydroxylation is 1. The molecule has 5 rings (SSSR count). The van der Waals surface area contributed by atoms with E-state index in [1.54, 1.807) is 30.2 Å². The van der Waals surface area contributed by atoms with Gasteiger partial charge in [-0.25, -0.2) is 14.4 Å². The first-order valence-corrected chi connectivity index (χ1v) is 9.40. The Morgan fingerprint density at radius 2 is 2.24 bits per heavy atom. The number of aliphatic hydroxyl groups is 1. The van der Waals surface area contributed by atoms with Gasteiger partial charge >= 0.3 is 0 Å². The molecule has 1 saturated carbocycles. The summed E-state index contributed by atoms with van der Waals surface area (Å²) in [6, 6.07) is 4.45. The molecule has 1 aromatic carbocycles. The fourth-order valence-electron chi connectivity index (χ4n) is 3.83. The van der Waals surface area contributed by atoms with Crippen molar-refractivity contribution in [2.45, 2.75) is 24.8 Å². The van der Waals surface area contributed by atoms with Gasteiger partial charge in [-0.2, -0.15) is 5.10 Å². The number of nitrogens with one attached hydrogen (secondary N) is 2. The van der Waals surface area contributed by atoms with Gasteiger partial charge in [0.05, 0.1) is 29.4 Å². The van der Waals surface area contributed by atoms with Crippen LogP contribution in [0.25, 0.3) is 33.5 Å². The highest BCUT2D eigenvalue weighted by Gasteiger charge is 2.38. The predicted octanol–water partition coefficient (Wildman–Crippen LogP) is 2.30. The quantitative estimate of drug-likeness (QED) is 0.492. The largest absolute Gasteiger partial charge is 0.394 e. The maximum absolute atomic E-state index is 13.6. The Balaban J connectivity index is 1.58. The van der Waals surface area contributed by atoms with Crippen molar-refractivity contribution in [3.63, 3.8) is 0 Å². The van der Waals surface area contributed by atoms with Crippen LogP contribution in [0.2, 0.25) is 0 Å². The lowest BCUT2D eigenvalue weighted by Crippen LogP contribution is -2.56. The van der Waals surface area contributed by atoms with E-state index in [2.05, 4.69) is 25.4 Å². The lowest BCUT2D eigenvalue weighted by molar-refractivity contribution is 0.0643. The van der Waals surface area contributed by atoms with E-state index >= 15 is 0 Å². The van der Waals surface area contributed by atoms with Crippen LogP contribution in [0.15, 0.2) is 30.6 Å². The molecule has 3 heterocycles. The zero-order valence-corrected chi connectivity index (χ0v) is 15.7. The molecular weight excluding hydrogens is 375 g/mol. The summed E-state index contributed by atoms with van der Waals surface area (Å²) in [5, 5.41) is 17.8. The molecule has 0 atom stereocenters. The zero-order valence-electron chi connectivity index (χ0n) is 15.7. The van der Waals surface area contributed by atoms with Crippen molar-refractivity contribution in [2.75, 3.05) is 6.61 Å². The number of fused-ring (bicyclic) bond motifs is 2. The molecule has 8 nitrogen and oxygen atoms in total. The molecule has 0 saturated heterocycles. The summed E-state index contributed by atoms with van der Waals surface area (Å²) in [6.45, 7) is -0.0888. The standard InChI is InChI=1S/C20H19FN6O2/c1-27-15-7-11(21)3-4-12(15)16(26-27)14-9-23-18-17(24-14)13(8-22-18)19(29)25-20(10-28)5-2-6-20/h3-4,7-9,28H,2,5-6,10H2,1H3,(H,22,23)(H,25,29). The van der Waals surface area contributed by atoms with Gasteiger partial charge in [0.25, 0.3) is 5.91 Å². The number of halogens is 1. The number of amides is 1. The van der Waals surface area contributed by atoms with Crippen molar-refractivity contribution in [1.82, 2.24) is 30.0 Å². The minimum absolute atomic E-state index is 0.0888. The van der Waals surface area contributed by atoms with E-state index in [-0.39, 0.29) is 18.3 Å². The number of hydrogen-bond donors (Lipinski definition) is 3. The SMILES string of the molecule is Cn1nc(-c2cnc3[nH]cc(C(=O)NC4(CO)CCC4)c3n2)c2ccc(F)cc21. The van der Waals surface area contributed by atoms with Crippen molar-refractivity contribution in [2.24, 2.45) is 7.05 Å². The smallest absolute Gasteiger partial charge is 0.255 e. The van der Waals surface area contributed by atoms with Crippen LogP contribution in [-0.4, -0.2) is 47.9 Å². The van der Waals surface area contributed by atoms with E-state index in [9.17, 15) is 14.3 Å². The van der Waals surface area contributed by atoms with E-state index in [1.165, 1.54) is 12.1 Å². The Morgan fingerprint density at radius 1 is 1.41 bits per heavy atom. The first-order valence-electron chi connectivity index (χ1n) is 9.40. The number of aliphatic hydroxyl groups excluding tert-OH is 1. The second-order valence-electron chi connectivity index (χ2n) is 7.53. The van der Waals surface area contributed by atoms with Gasteiger partial charge in [0, 0.05) is 18.6 Å². The summed E-state index contributed by atoms with van der Waals surface area (Å²) in [5.41, 5.74) is 2.42. The molecule has 4 aromatic rings. The number of aromatic amines is 1. The van der Waals surface area contributed by atoms with Gasteiger partial charge in [-0.05, 0) is 37.5 Å². The summed E-state index contributed by atoms with van der Waals surface area (Å²) in [7, 11) is 1.74. The highest BCUT2D eigenvalue weighted by Crippen LogP contribution is 2.32. The van der Waals surface area contributed by atoms with Crippen LogP contribution in [0.5, 0.6) is 0 Å². The Labute approximate surface area is 164 Å². The van der Waals surface area contributed by atoms with Crippen LogP contribution in [0, 0.1) is 5.82 Å². The maximum Gasteiger partial charge on any atom is 0.255 e. The fourth-order valence-corrected chi connectivity index (χ4v) is 3.83. The van der Waals surface area contributed by atoms with Gasteiger partial charge < -0.3 is 15.4 Å². The zero-order chi connectivity index (χ0) is 20.2. The molecule has 0 unspecified atom stereocenters. The third kappa shape index (κ3) is 2.77. The lowest BCUT2D eigenvalue weighted by Gasteiger charge is -2.40. The number of rotatable bonds is 4. The molecular formula is C20H19FN6O2. The third-order valence-electron chi connectivity index (χ3n) is 5.67. The Bertz CT molecular complexity index is 1250. The number of H-pyrrole nitrogens is 1. The molecule has 0 aliphatic heterocycles. The normalized spacial score (nSPS) is 15.6. The number of nitrogens with zero attached hydrogens (tertiary/aromatic N) is 4. The van der Waals surface area contributed by atoms with E-state index in [0.717, 1.165) is 24.6 Å². The molecule has 9 heteroatoms. The van der Waals surface area contributed by atoms with E-state index < -0.39 is 5.54 Å². The molecule has 1 aliphatic rings. The third-order valence-corrected chi connectivity index (χ3v) is 5.67. The minimum Gasteiger partial charge on any atom is -0.394 e. The molecule has 148 valence electrons. The van der Waals surface area contributed by atoms with Gasteiger partial charge in [0.1, 0.15) is 22.7 Å². The first kappa shape index (κ1) is 17.7. The van der Waals surface area contributed by atoms with Crippen LogP contribution < -0.4 is 5.32 Å². The number of carbonyl (C=O) groups excluding carboxylic acids is 1. The summed E-state index contributed by atoms with van der Waals surface area (Å²) in [5.74, 6) is -0.642. The molecule has 0 radical (unpaired) electrons. The van der Waals surface area contributed by atoms with Gasteiger partial charge in [-0.1, -0.05) is 0 Å². The molecule has 1 aliphatic carbocycles. The van der Waals surface area contributed by atoms with Gasteiger partial charge in [-0.15, -0.1) is 0 Å². The molecule has 3 N–H and O–H groups in total. The molecule has 1 fully saturated rings. The number of carbonyl (C=O) groups is 1. The molecule has 1 amide bonds. The molecule has 29 heavy (non-hydrogen) atoms. The highest BCUT2D eigenvalue weighted by molar-refractivity contribution is 6.05.